The summed E-state index contributed by atoms with van der Waals surface area (Å²) in [5.41, 5.74) is 8.17. The lowest BCUT2D eigenvalue weighted by Gasteiger charge is -2.38. The number of rotatable bonds is 7. The molecule has 5 rings (SSSR count). The highest BCUT2D eigenvalue weighted by molar-refractivity contribution is 5.44. The Morgan fingerprint density at radius 3 is 2.26 bits per heavy atom. The summed E-state index contributed by atoms with van der Waals surface area (Å²) in [4.78, 5) is 2.67. The predicted molar refractivity (Wildman–Crippen MR) is 138 cm³/mol. The van der Waals surface area contributed by atoms with E-state index < -0.39 is 0 Å². The van der Waals surface area contributed by atoms with Gasteiger partial charge in [-0.25, -0.2) is 0 Å². The Morgan fingerprint density at radius 2 is 1.53 bits per heavy atom. The summed E-state index contributed by atoms with van der Waals surface area (Å²) in [6.45, 7) is 10.0. The van der Waals surface area contributed by atoms with Gasteiger partial charge < -0.3 is 14.8 Å². The van der Waals surface area contributed by atoms with Gasteiger partial charge in [-0.3, -0.25) is 4.90 Å². The lowest BCUT2D eigenvalue weighted by Crippen LogP contribution is -2.44. The van der Waals surface area contributed by atoms with E-state index >= 15 is 0 Å². The van der Waals surface area contributed by atoms with Gasteiger partial charge in [0.2, 0.25) is 6.79 Å². The number of ether oxygens (including phenoxy) is 2. The molecule has 0 amide bonds. The molecule has 178 valence electrons. The molecule has 1 atom stereocenters. The molecular weight excluding hydrogens is 420 g/mol. The van der Waals surface area contributed by atoms with Crippen molar-refractivity contribution in [3.63, 3.8) is 0 Å². The normalized spacial score (nSPS) is 17.1. The van der Waals surface area contributed by atoms with Crippen molar-refractivity contribution in [2.75, 3.05) is 19.9 Å². The Labute approximate surface area is 203 Å². The zero-order chi connectivity index (χ0) is 23.5. The van der Waals surface area contributed by atoms with Crippen LogP contribution >= 0.6 is 0 Å². The van der Waals surface area contributed by atoms with Gasteiger partial charge in [-0.2, -0.15) is 0 Å². The van der Waals surface area contributed by atoms with Crippen LogP contribution in [0.25, 0.3) is 0 Å². The third kappa shape index (κ3) is 4.98. The number of aryl methyl sites for hydroxylation is 3. The lowest BCUT2D eigenvalue weighted by molar-refractivity contribution is 0.162. The summed E-state index contributed by atoms with van der Waals surface area (Å²) in [5.74, 6) is 1.71. The van der Waals surface area contributed by atoms with Crippen LogP contribution in [0.1, 0.15) is 59.2 Å². The van der Waals surface area contributed by atoms with E-state index in [9.17, 15) is 0 Å². The first-order chi connectivity index (χ1) is 16.6. The van der Waals surface area contributed by atoms with Gasteiger partial charge in [0.15, 0.2) is 11.5 Å². The Balaban J connectivity index is 1.26. The van der Waals surface area contributed by atoms with Crippen molar-refractivity contribution in [1.29, 1.82) is 0 Å². The highest BCUT2D eigenvalue weighted by Crippen LogP contribution is 2.34. The second kappa shape index (κ2) is 10.2. The molecule has 34 heavy (non-hydrogen) atoms. The van der Waals surface area contributed by atoms with Crippen LogP contribution in [-0.4, -0.2) is 30.8 Å². The number of hydrogen-bond acceptors (Lipinski definition) is 4. The number of benzene rings is 3. The minimum Gasteiger partial charge on any atom is -0.454 e. The summed E-state index contributed by atoms with van der Waals surface area (Å²) in [7, 11) is 0. The smallest absolute Gasteiger partial charge is 0.231 e. The maximum absolute atomic E-state index is 5.53. The first kappa shape index (κ1) is 22.9. The molecular formula is C30H36N2O2. The molecule has 1 unspecified atom stereocenters. The highest BCUT2D eigenvalue weighted by Gasteiger charge is 2.27. The van der Waals surface area contributed by atoms with Crippen LogP contribution in [0, 0.1) is 13.8 Å². The third-order valence-corrected chi connectivity index (χ3v) is 7.48. The summed E-state index contributed by atoms with van der Waals surface area (Å²) in [6.07, 6.45) is 3.38. The summed E-state index contributed by atoms with van der Waals surface area (Å²) >= 11 is 0. The first-order valence-electron chi connectivity index (χ1n) is 12.6. The molecule has 1 saturated heterocycles. The molecule has 0 aromatic heterocycles. The second-order valence-corrected chi connectivity index (χ2v) is 9.72. The molecule has 2 heterocycles. The predicted octanol–water partition coefficient (Wildman–Crippen LogP) is 5.94. The van der Waals surface area contributed by atoms with Gasteiger partial charge in [0, 0.05) is 25.7 Å². The van der Waals surface area contributed by atoms with Crippen molar-refractivity contribution in [2.45, 2.75) is 58.7 Å². The first-order valence-corrected chi connectivity index (χ1v) is 12.6. The quantitative estimate of drug-likeness (QED) is 0.477. The molecule has 4 nitrogen and oxygen atoms in total. The van der Waals surface area contributed by atoms with Crippen LogP contribution in [0.5, 0.6) is 11.5 Å². The topological polar surface area (TPSA) is 33.7 Å². The zero-order valence-corrected chi connectivity index (χ0v) is 20.6. The van der Waals surface area contributed by atoms with Gasteiger partial charge in [0.25, 0.3) is 0 Å². The molecule has 0 radical (unpaired) electrons. The minimum absolute atomic E-state index is 0.306. The molecule has 0 aliphatic carbocycles. The number of hydrogen-bond donors (Lipinski definition) is 1. The van der Waals surface area contributed by atoms with E-state index in [0.717, 1.165) is 50.4 Å². The number of nitrogens with zero attached hydrogens (tertiary/aromatic N) is 1. The van der Waals surface area contributed by atoms with E-state index in [1.807, 2.05) is 6.07 Å². The molecule has 4 heteroatoms. The summed E-state index contributed by atoms with van der Waals surface area (Å²) < 4.78 is 11.0. The van der Waals surface area contributed by atoms with Crippen molar-refractivity contribution in [1.82, 2.24) is 10.2 Å². The third-order valence-electron chi connectivity index (χ3n) is 7.48. The van der Waals surface area contributed by atoms with E-state index in [1.54, 1.807) is 0 Å². The Bertz CT molecular complexity index is 1120. The molecule has 2 aliphatic rings. The molecule has 3 aromatic carbocycles. The molecule has 1 fully saturated rings. The average Bonchev–Trinajstić information content (AvgIpc) is 3.34. The Hall–Kier alpha value is -2.82. The van der Waals surface area contributed by atoms with Crippen LogP contribution in [0.2, 0.25) is 0 Å². The highest BCUT2D eigenvalue weighted by atomic mass is 16.7. The standard InChI is InChI=1S/C30H36N2O2/c1-4-23-6-10-25(11-7-23)30(26-9-5-21(2)22(3)17-26)32-15-13-27(14-16-32)31-19-24-8-12-28-29(18-24)34-20-33-28/h5-12,17-18,27,30-31H,4,13-16,19-20H2,1-3H3. The Morgan fingerprint density at radius 1 is 0.824 bits per heavy atom. The monoisotopic (exact) mass is 456 g/mol. The molecule has 2 aliphatic heterocycles. The van der Waals surface area contributed by atoms with E-state index in [4.69, 9.17) is 9.47 Å². The van der Waals surface area contributed by atoms with Crippen molar-refractivity contribution in [3.8, 4) is 11.5 Å². The fraction of sp³-hybridized carbons (Fsp3) is 0.400. The van der Waals surface area contributed by atoms with Crippen LogP contribution in [0.4, 0.5) is 0 Å². The molecule has 0 spiro atoms. The van der Waals surface area contributed by atoms with Gasteiger partial charge in [-0.05, 0) is 78.6 Å². The van der Waals surface area contributed by atoms with E-state index in [0.29, 0.717) is 18.9 Å². The zero-order valence-electron chi connectivity index (χ0n) is 20.6. The number of nitrogens with one attached hydrogen (secondary N) is 1. The van der Waals surface area contributed by atoms with E-state index in [2.05, 4.69) is 85.6 Å². The van der Waals surface area contributed by atoms with Crippen LogP contribution in [0.15, 0.2) is 60.7 Å². The minimum atomic E-state index is 0.306. The maximum atomic E-state index is 5.53. The van der Waals surface area contributed by atoms with Gasteiger partial charge in [0.1, 0.15) is 0 Å². The summed E-state index contributed by atoms with van der Waals surface area (Å²) in [6, 6.07) is 23.3. The van der Waals surface area contributed by atoms with Gasteiger partial charge in [-0.1, -0.05) is 55.5 Å². The fourth-order valence-electron chi connectivity index (χ4n) is 5.16. The number of fused-ring (bicyclic) bond motifs is 1. The van der Waals surface area contributed by atoms with Crippen LogP contribution in [0.3, 0.4) is 0 Å². The van der Waals surface area contributed by atoms with Crippen molar-refractivity contribution >= 4 is 0 Å². The molecule has 1 N–H and O–H groups in total. The SMILES string of the molecule is CCc1ccc(C(c2ccc(C)c(C)c2)N2CCC(NCc3ccc4c(c3)OCO4)CC2)cc1. The molecule has 0 saturated carbocycles. The van der Waals surface area contributed by atoms with Crippen LogP contribution < -0.4 is 14.8 Å². The van der Waals surface area contributed by atoms with E-state index in [1.165, 1.54) is 33.4 Å². The summed E-state index contributed by atoms with van der Waals surface area (Å²) in [5, 5.41) is 3.78. The van der Waals surface area contributed by atoms with Crippen molar-refractivity contribution in [2.24, 2.45) is 0 Å². The maximum Gasteiger partial charge on any atom is 0.231 e. The fourth-order valence-corrected chi connectivity index (χ4v) is 5.16. The van der Waals surface area contributed by atoms with Crippen molar-refractivity contribution < 1.29 is 9.47 Å². The second-order valence-electron chi connectivity index (χ2n) is 9.72. The number of piperidine rings is 1. The van der Waals surface area contributed by atoms with E-state index in [-0.39, 0.29) is 0 Å². The van der Waals surface area contributed by atoms with Gasteiger partial charge >= 0.3 is 0 Å². The molecule has 3 aromatic rings. The largest absolute Gasteiger partial charge is 0.454 e. The lowest BCUT2D eigenvalue weighted by atomic mass is 9.91. The Kier molecular flexibility index (Phi) is 6.89. The van der Waals surface area contributed by atoms with Crippen LogP contribution in [-0.2, 0) is 13.0 Å². The van der Waals surface area contributed by atoms with Crippen molar-refractivity contribution in [3.05, 3.63) is 94.0 Å². The number of likely N-dealkylation sites (tertiary alicyclic amines) is 1. The van der Waals surface area contributed by atoms with Gasteiger partial charge in [0.05, 0.1) is 6.04 Å². The average molecular weight is 457 g/mol. The molecule has 0 bridgehead atoms. The van der Waals surface area contributed by atoms with Gasteiger partial charge in [-0.15, -0.1) is 0 Å².